The van der Waals surface area contributed by atoms with Gasteiger partial charge in [0, 0.05) is 25.1 Å². The molecule has 2 aromatic carbocycles. The first kappa shape index (κ1) is 16.2. The third kappa shape index (κ3) is 3.48. The number of hydrogen-bond donors (Lipinski definition) is 1. The zero-order valence-electron chi connectivity index (χ0n) is 13.1. The lowest BCUT2D eigenvalue weighted by atomic mass is 10.1. The highest BCUT2D eigenvalue weighted by Gasteiger charge is 2.13. The summed E-state index contributed by atoms with van der Waals surface area (Å²) < 4.78 is 6.69. The number of ether oxygens (including phenoxy) is 1. The first-order valence-corrected chi connectivity index (χ1v) is 7.74. The van der Waals surface area contributed by atoms with Gasteiger partial charge in [-0.2, -0.15) is 5.10 Å². The number of carbonyl (C=O) groups excluding carboxylic acids is 1. The monoisotopic (exact) mass is 341 g/mol. The molecule has 0 spiro atoms. The standard InChI is InChI=1S/C18H16ClN3O2/c1-24-12-13-6-8-14(9-7-13)18(23)21-16-5-2-4-15(19)17(16)22-11-3-10-20-22/h2-11H,12H2,1H3,(H,21,23). The molecule has 0 fully saturated rings. The van der Waals surface area contributed by atoms with Crippen LogP contribution in [0.15, 0.2) is 60.9 Å². The van der Waals surface area contributed by atoms with Crippen molar-refractivity contribution in [2.45, 2.75) is 6.61 Å². The van der Waals surface area contributed by atoms with Crippen LogP contribution in [0.1, 0.15) is 15.9 Å². The van der Waals surface area contributed by atoms with Gasteiger partial charge < -0.3 is 10.1 Å². The first-order valence-electron chi connectivity index (χ1n) is 7.37. The van der Waals surface area contributed by atoms with E-state index in [1.165, 1.54) is 0 Å². The molecule has 122 valence electrons. The fourth-order valence-corrected chi connectivity index (χ4v) is 2.62. The Morgan fingerprint density at radius 1 is 1.21 bits per heavy atom. The molecule has 1 N–H and O–H groups in total. The average molecular weight is 342 g/mol. The Morgan fingerprint density at radius 2 is 2.00 bits per heavy atom. The molecule has 0 saturated carbocycles. The normalized spacial score (nSPS) is 10.6. The fourth-order valence-electron chi connectivity index (χ4n) is 2.36. The van der Waals surface area contributed by atoms with Crippen molar-refractivity contribution in [2.75, 3.05) is 12.4 Å². The Morgan fingerprint density at radius 3 is 2.67 bits per heavy atom. The molecule has 1 aromatic heterocycles. The number of aromatic nitrogens is 2. The Kier molecular flexibility index (Phi) is 4.93. The average Bonchev–Trinajstić information content (AvgIpc) is 3.10. The summed E-state index contributed by atoms with van der Waals surface area (Å²) in [6.07, 6.45) is 3.43. The number of amides is 1. The predicted octanol–water partition coefficient (Wildman–Crippen LogP) is 3.92. The molecule has 6 heteroatoms. The van der Waals surface area contributed by atoms with Crippen LogP contribution in [0.4, 0.5) is 5.69 Å². The molecular formula is C18H16ClN3O2. The van der Waals surface area contributed by atoms with Gasteiger partial charge in [0.2, 0.25) is 0 Å². The molecule has 24 heavy (non-hydrogen) atoms. The number of carbonyl (C=O) groups is 1. The van der Waals surface area contributed by atoms with E-state index in [9.17, 15) is 4.79 Å². The summed E-state index contributed by atoms with van der Waals surface area (Å²) in [5, 5.41) is 7.59. The van der Waals surface area contributed by atoms with Crippen LogP contribution in [0, 0.1) is 0 Å². The van der Waals surface area contributed by atoms with E-state index >= 15 is 0 Å². The lowest BCUT2D eigenvalue weighted by molar-refractivity contribution is 0.102. The fraction of sp³-hybridized carbons (Fsp3) is 0.111. The predicted molar refractivity (Wildman–Crippen MR) is 93.7 cm³/mol. The molecule has 1 heterocycles. The van der Waals surface area contributed by atoms with E-state index in [4.69, 9.17) is 16.3 Å². The zero-order chi connectivity index (χ0) is 16.9. The van der Waals surface area contributed by atoms with Gasteiger partial charge in [0.15, 0.2) is 0 Å². The molecule has 1 amide bonds. The van der Waals surface area contributed by atoms with E-state index in [-0.39, 0.29) is 5.91 Å². The quantitative estimate of drug-likeness (QED) is 0.765. The van der Waals surface area contributed by atoms with Crippen LogP contribution in [0.2, 0.25) is 5.02 Å². The summed E-state index contributed by atoms with van der Waals surface area (Å²) in [6.45, 7) is 0.514. The van der Waals surface area contributed by atoms with Crippen LogP contribution in [0.5, 0.6) is 0 Å². The maximum Gasteiger partial charge on any atom is 0.255 e. The second kappa shape index (κ2) is 7.29. The highest BCUT2D eigenvalue weighted by molar-refractivity contribution is 6.33. The molecule has 5 nitrogen and oxygen atoms in total. The minimum Gasteiger partial charge on any atom is -0.380 e. The van der Waals surface area contributed by atoms with E-state index in [0.717, 1.165) is 5.56 Å². The SMILES string of the molecule is COCc1ccc(C(=O)Nc2cccc(Cl)c2-n2cccn2)cc1. The van der Waals surface area contributed by atoms with Gasteiger partial charge in [-0.3, -0.25) is 4.79 Å². The highest BCUT2D eigenvalue weighted by atomic mass is 35.5. The molecule has 0 atom stereocenters. The van der Waals surface area contributed by atoms with Crippen LogP contribution in [-0.2, 0) is 11.3 Å². The minimum atomic E-state index is -0.213. The number of anilines is 1. The third-order valence-electron chi connectivity index (χ3n) is 3.50. The molecule has 0 aliphatic carbocycles. The molecule has 0 unspecified atom stereocenters. The second-order valence-electron chi connectivity index (χ2n) is 5.17. The van der Waals surface area contributed by atoms with Gasteiger partial charge in [-0.05, 0) is 35.9 Å². The molecule has 0 aliphatic heterocycles. The molecule has 3 aromatic rings. The Labute approximate surface area is 144 Å². The van der Waals surface area contributed by atoms with Gasteiger partial charge >= 0.3 is 0 Å². The summed E-state index contributed by atoms with van der Waals surface area (Å²) in [7, 11) is 1.64. The number of nitrogens with zero attached hydrogens (tertiary/aromatic N) is 2. The van der Waals surface area contributed by atoms with Crippen LogP contribution in [-0.4, -0.2) is 22.8 Å². The number of para-hydroxylation sites is 1. The first-order chi connectivity index (χ1) is 11.7. The van der Waals surface area contributed by atoms with Gasteiger partial charge in [0.25, 0.3) is 5.91 Å². The lowest BCUT2D eigenvalue weighted by Crippen LogP contribution is -2.14. The zero-order valence-corrected chi connectivity index (χ0v) is 13.8. The molecular weight excluding hydrogens is 326 g/mol. The van der Waals surface area contributed by atoms with Crippen molar-refractivity contribution >= 4 is 23.2 Å². The summed E-state index contributed by atoms with van der Waals surface area (Å²) >= 11 is 6.28. The summed E-state index contributed by atoms with van der Waals surface area (Å²) in [4.78, 5) is 12.5. The maximum atomic E-state index is 12.5. The molecule has 0 aliphatic rings. The van der Waals surface area contributed by atoms with Crippen molar-refractivity contribution in [3.8, 4) is 5.69 Å². The number of methoxy groups -OCH3 is 1. The van der Waals surface area contributed by atoms with Crippen LogP contribution in [0.25, 0.3) is 5.69 Å². The van der Waals surface area contributed by atoms with Crippen molar-refractivity contribution in [2.24, 2.45) is 0 Å². The number of rotatable bonds is 5. The van der Waals surface area contributed by atoms with Crippen molar-refractivity contribution in [1.82, 2.24) is 9.78 Å². The molecule has 0 saturated heterocycles. The molecule has 3 rings (SSSR count). The Bertz CT molecular complexity index is 830. The van der Waals surface area contributed by atoms with Crippen molar-refractivity contribution in [3.05, 3.63) is 77.1 Å². The summed E-state index contributed by atoms with van der Waals surface area (Å²) in [5.41, 5.74) is 2.79. The number of hydrogen-bond acceptors (Lipinski definition) is 3. The van der Waals surface area contributed by atoms with E-state index in [0.29, 0.717) is 28.6 Å². The van der Waals surface area contributed by atoms with Gasteiger partial charge in [0.1, 0.15) is 5.69 Å². The van der Waals surface area contributed by atoms with Crippen LogP contribution < -0.4 is 5.32 Å². The van der Waals surface area contributed by atoms with Crippen LogP contribution in [0.3, 0.4) is 0 Å². The van der Waals surface area contributed by atoms with E-state index in [1.807, 2.05) is 12.1 Å². The smallest absolute Gasteiger partial charge is 0.255 e. The van der Waals surface area contributed by atoms with E-state index in [1.54, 1.807) is 60.6 Å². The maximum absolute atomic E-state index is 12.5. The topological polar surface area (TPSA) is 56.1 Å². The number of halogens is 1. The van der Waals surface area contributed by atoms with Gasteiger partial charge in [-0.1, -0.05) is 29.8 Å². The molecule has 0 bridgehead atoms. The lowest BCUT2D eigenvalue weighted by Gasteiger charge is -2.13. The summed E-state index contributed by atoms with van der Waals surface area (Å²) in [5.74, 6) is -0.213. The number of nitrogens with one attached hydrogen (secondary N) is 1. The third-order valence-corrected chi connectivity index (χ3v) is 3.80. The highest BCUT2D eigenvalue weighted by Crippen LogP contribution is 2.28. The van der Waals surface area contributed by atoms with Crippen molar-refractivity contribution in [3.63, 3.8) is 0 Å². The second-order valence-corrected chi connectivity index (χ2v) is 5.58. The van der Waals surface area contributed by atoms with Gasteiger partial charge in [-0.15, -0.1) is 0 Å². The van der Waals surface area contributed by atoms with Crippen molar-refractivity contribution < 1.29 is 9.53 Å². The van der Waals surface area contributed by atoms with Crippen LogP contribution >= 0.6 is 11.6 Å². The molecule has 0 radical (unpaired) electrons. The Hall–Kier alpha value is -2.63. The Balaban J connectivity index is 1.86. The van der Waals surface area contributed by atoms with E-state index in [2.05, 4.69) is 10.4 Å². The minimum absolute atomic E-state index is 0.213. The van der Waals surface area contributed by atoms with Gasteiger partial charge in [-0.25, -0.2) is 4.68 Å². The summed E-state index contributed by atoms with van der Waals surface area (Å²) in [6, 6.07) is 14.4. The van der Waals surface area contributed by atoms with Crippen molar-refractivity contribution in [1.29, 1.82) is 0 Å². The number of benzene rings is 2. The largest absolute Gasteiger partial charge is 0.380 e. The van der Waals surface area contributed by atoms with Gasteiger partial charge in [0.05, 0.1) is 17.3 Å². The van der Waals surface area contributed by atoms with E-state index < -0.39 is 0 Å².